The zero-order valence-corrected chi connectivity index (χ0v) is 24.9. The lowest BCUT2D eigenvalue weighted by molar-refractivity contribution is -0.122. The molecule has 0 radical (unpaired) electrons. The molecule has 11 heteroatoms. The molecule has 3 aliphatic rings. The van der Waals surface area contributed by atoms with Crippen molar-refractivity contribution in [3.8, 4) is 16.5 Å². The van der Waals surface area contributed by atoms with Crippen molar-refractivity contribution in [1.82, 2.24) is 9.88 Å². The molecule has 0 bridgehead atoms. The summed E-state index contributed by atoms with van der Waals surface area (Å²) in [6.07, 6.45) is 5.34. The van der Waals surface area contributed by atoms with Crippen LogP contribution in [0, 0.1) is 13.8 Å². The van der Waals surface area contributed by atoms with Gasteiger partial charge in [-0.3, -0.25) is 19.7 Å². The van der Waals surface area contributed by atoms with Gasteiger partial charge in [0.25, 0.3) is 17.7 Å². The van der Waals surface area contributed by atoms with Crippen molar-refractivity contribution >= 4 is 52.5 Å². The number of fused-ring (bicyclic) bond motifs is 2. The van der Waals surface area contributed by atoms with Crippen molar-refractivity contribution in [2.45, 2.75) is 39.5 Å². The van der Waals surface area contributed by atoms with E-state index in [0.29, 0.717) is 28.3 Å². The standard InChI is InChI=1S/C33H28N4O6S/c1-18-14-20(15-24-29(38)35-33(41)37(31(24)40)22-12-13-25-26(16-22)43-17-42-25)19(2)36(18)32-28(23-10-6-7-11-27(23)44-32)30(39)34-21-8-4-3-5-9-21/h3-5,8-9,12-16H,6-7,10-11,17H2,1-2H3,(H,34,39)(H,35,38,41)/b24-15+. The number of amides is 5. The average molecular weight is 609 g/mol. The number of ether oxygens (including phenoxy) is 2. The summed E-state index contributed by atoms with van der Waals surface area (Å²) in [4.78, 5) is 55.2. The number of aryl methyl sites for hydroxylation is 2. The van der Waals surface area contributed by atoms with E-state index in [4.69, 9.17) is 9.47 Å². The smallest absolute Gasteiger partial charge is 0.335 e. The van der Waals surface area contributed by atoms with Crippen LogP contribution in [0.15, 0.2) is 60.2 Å². The van der Waals surface area contributed by atoms with Crippen LogP contribution in [0.25, 0.3) is 11.1 Å². The first-order valence-corrected chi connectivity index (χ1v) is 15.1. The van der Waals surface area contributed by atoms with Crippen molar-refractivity contribution in [2.75, 3.05) is 17.0 Å². The lowest BCUT2D eigenvalue weighted by Gasteiger charge is -2.26. The van der Waals surface area contributed by atoms with E-state index in [0.717, 1.165) is 52.5 Å². The number of urea groups is 1. The summed E-state index contributed by atoms with van der Waals surface area (Å²) in [5, 5.41) is 6.14. The topological polar surface area (TPSA) is 119 Å². The molecule has 4 aromatic rings. The number of aromatic nitrogens is 1. The van der Waals surface area contributed by atoms with Gasteiger partial charge in [-0.25, -0.2) is 9.69 Å². The molecular formula is C33H28N4O6S. The molecule has 222 valence electrons. The Hall–Kier alpha value is -5.16. The Balaban J connectivity index is 1.27. The third kappa shape index (κ3) is 4.65. The van der Waals surface area contributed by atoms with E-state index < -0.39 is 17.8 Å². The highest BCUT2D eigenvalue weighted by molar-refractivity contribution is 7.15. The molecule has 2 N–H and O–H groups in total. The van der Waals surface area contributed by atoms with Gasteiger partial charge < -0.3 is 19.4 Å². The summed E-state index contributed by atoms with van der Waals surface area (Å²) in [5.41, 5.74) is 4.74. The van der Waals surface area contributed by atoms with Crippen molar-refractivity contribution < 1.29 is 28.7 Å². The summed E-state index contributed by atoms with van der Waals surface area (Å²) in [6, 6.07) is 15.1. The quantitative estimate of drug-likeness (QED) is 0.222. The molecule has 1 fully saturated rings. The molecule has 2 aliphatic heterocycles. The van der Waals surface area contributed by atoms with Gasteiger partial charge in [0.15, 0.2) is 11.5 Å². The Kier molecular flexibility index (Phi) is 6.81. The molecule has 10 nitrogen and oxygen atoms in total. The monoisotopic (exact) mass is 608 g/mol. The Bertz CT molecular complexity index is 1900. The molecule has 7 rings (SSSR count). The van der Waals surface area contributed by atoms with Gasteiger partial charge in [-0.15, -0.1) is 11.3 Å². The number of para-hydroxylation sites is 1. The first kappa shape index (κ1) is 27.7. The number of thiophene rings is 1. The minimum atomic E-state index is -0.847. The maximum Gasteiger partial charge on any atom is 0.335 e. The molecule has 0 spiro atoms. The van der Waals surface area contributed by atoms with Gasteiger partial charge in [-0.2, -0.15) is 0 Å². The molecule has 0 unspecified atom stereocenters. The SMILES string of the molecule is Cc1cc(/C=C2\C(=O)NC(=O)N(c3ccc4c(c3)OCO4)C2=O)c(C)n1-c1sc2c(c1C(=O)Nc1ccccc1)CCCC2. The van der Waals surface area contributed by atoms with Crippen molar-refractivity contribution in [1.29, 1.82) is 0 Å². The van der Waals surface area contributed by atoms with Crippen LogP contribution >= 0.6 is 11.3 Å². The lowest BCUT2D eigenvalue weighted by atomic mass is 9.95. The molecule has 4 heterocycles. The van der Waals surface area contributed by atoms with Crippen LogP contribution < -0.4 is 25.0 Å². The largest absolute Gasteiger partial charge is 0.454 e. The van der Waals surface area contributed by atoms with Crippen LogP contribution in [0.4, 0.5) is 16.2 Å². The number of imide groups is 2. The van der Waals surface area contributed by atoms with Gasteiger partial charge in [0, 0.05) is 28.0 Å². The number of benzene rings is 2. The first-order valence-electron chi connectivity index (χ1n) is 14.3. The maximum absolute atomic E-state index is 13.8. The highest BCUT2D eigenvalue weighted by Gasteiger charge is 2.38. The molecule has 0 saturated carbocycles. The minimum absolute atomic E-state index is 0.0427. The van der Waals surface area contributed by atoms with E-state index >= 15 is 0 Å². The number of anilines is 2. The van der Waals surface area contributed by atoms with E-state index in [-0.39, 0.29) is 24.0 Å². The number of barbiturate groups is 1. The summed E-state index contributed by atoms with van der Waals surface area (Å²) < 4.78 is 12.8. The molecule has 1 saturated heterocycles. The van der Waals surface area contributed by atoms with Crippen LogP contribution in [0.3, 0.4) is 0 Å². The van der Waals surface area contributed by atoms with Gasteiger partial charge in [0.05, 0.1) is 11.3 Å². The number of hydrogen-bond acceptors (Lipinski definition) is 7. The number of carbonyl (C=O) groups excluding carboxylic acids is 4. The molecule has 5 amide bonds. The predicted molar refractivity (Wildman–Crippen MR) is 166 cm³/mol. The van der Waals surface area contributed by atoms with E-state index in [1.807, 2.05) is 54.8 Å². The summed E-state index contributed by atoms with van der Waals surface area (Å²) >= 11 is 1.61. The number of nitrogens with zero attached hydrogens (tertiary/aromatic N) is 2. The van der Waals surface area contributed by atoms with Gasteiger partial charge in [-0.1, -0.05) is 18.2 Å². The molecule has 0 atom stereocenters. The molecule has 2 aromatic carbocycles. The van der Waals surface area contributed by atoms with Crippen LogP contribution in [-0.4, -0.2) is 35.1 Å². The summed E-state index contributed by atoms with van der Waals surface area (Å²) in [5.74, 6) is -0.796. The molecular weight excluding hydrogens is 580 g/mol. The molecule has 44 heavy (non-hydrogen) atoms. The van der Waals surface area contributed by atoms with Crippen LogP contribution in [0.2, 0.25) is 0 Å². The van der Waals surface area contributed by atoms with E-state index in [2.05, 4.69) is 10.6 Å². The minimum Gasteiger partial charge on any atom is -0.454 e. The highest BCUT2D eigenvalue weighted by atomic mass is 32.1. The van der Waals surface area contributed by atoms with Crippen molar-refractivity contribution in [2.24, 2.45) is 0 Å². The van der Waals surface area contributed by atoms with Gasteiger partial charge in [0.2, 0.25) is 6.79 Å². The van der Waals surface area contributed by atoms with Crippen molar-refractivity contribution in [3.63, 3.8) is 0 Å². The number of hydrogen-bond donors (Lipinski definition) is 2. The zero-order chi connectivity index (χ0) is 30.5. The number of rotatable bonds is 5. The Morgan fingerprint density at radius 2 is 1.75 bits per heavy atom. The summed E-state index contributed by atoms with van der Waals surface area (Å²) in [7, 11) is 0. The van der Waals surface area contributed by atoms with E-state index in [1.54, 1.807) is 23.5 Å². The van der Waals surface area contributed by atoms with Crippen LogP contribution in [-0.2, 0) is 22.4 Å². The van der Waals surface area contributed by atoms with Gasteiger partial charge in [0.1, 0.15) is 10.6 Å². The fourth-order valence-electron chi connectivity index (χ4n) is 5.98. The first-order chi connectivity index (χ1) is 21.3. The highest BCUT2D eigenvalue weighted by Crippen LogP contribution is 2.40. The second kappa shape index (κ2) is 10.8. The fraction of sp³-hybridized carbons (Fsp3) is 0.212. The Morgan fingerprint density at radius 1 is 0.977 bits per heavy atom. The molecule has 2 aromatic heterocycles. The Morgan fingerprint density at radius 3 is 2.57 bits per heavy atom. The third-order valence-corrected chi connectivity index (χ3v) is 9.38. The van der Waals surface area contributed by atoms with Gasteiger partial charge in [-0.05, 0) is 87.1 Å². The number of carbonyl (C=O) groups is 4. The second-order valence-corrected chi connectivity index (χ2v) is 12.0. The second-order valence-electron chi connectivity index (χ2n) is 10.9. The van der Waals surface area contributed by atoms with Crippen LogP contribution in [0.1, 0.15) is 50.6 Å². The third-order valence-electron chi connectivity index (χ3n) is 8.10. The van der Waals surface area contributed by atoms with Gasteiger partial charge >= 0.3 is 6.03 Å². The normalized spacial score (nSPS) is 16.7. The van der Waals surface area contributed by atoms with E-state index in [1.165, 1.54) is 17.0 Å². The van der Waals surface area contributed by atoms with Crippen LogP contribution in [0.5, 0.6) is 11.5 Å². The zero-order valence-electron chi connectivity index (χ0n) is 24.1. The lowest BCUT2D eigenvalue weighted by Crippen LogP contribution is -2.54. The Labute approximate surface area is 256 Å². The maximum atomic E-state index is 13.8. The predicted octanol–water partition coefficient (Wildman–Crippen LogP) is 5.68. The van der Waals surface area contributed by atoms with E-state index in [9.17, 15) is 19.2 Å². The number of nitrogens with one attached hydrogen (secondary N) is 2. The fourth-order valence-corrected chi connectivity index (χ4v) is 7.47. The summed E-state index contributed by atoms with van der Waals surface area (Å²) in [6.45, 7) is 3.86. The van der Waals surface area contributed by atoms with Crippen molar-refractivity contribution in [3.05, 3.63) is 93.1 Å². The molecule has 1 aliphatic carbocycles. The average Bonchev–Trinajstić information content (AvgIpc) is 3.70.